The van der Waals surface area contributed by atoms with Gasteiger partial charge in [-0.15, -0.1) is 0 Å². The highest BCUT2D eigenvalue weighted by molar-refractivity contribution is 7.21. The van der Waals surface area contributed by atoms with Crippen LogP contribution in [0.2, 0.25) is 0 Å². The van der Waals surface area contributed by atoms with Crippen LogP contribution in [0.15, 0.2) is 60.7 Å². The first kappa shape index (κ1) is 21.2. The summed E-state index contributed by atoms with van der Waals surface area (Å²) >= 11 is 1.43. The summed E-state index contributed by atoms with van der Waals surface area (Å²) in [6, 6.07) is 19.9. The molecule has 2 aliphatic carbocycles. The van der Waals surface area contributed by atoms with E-state index in [1.165, 1.54) is 30.1 Å². The number of nitrogens with zero attached hydrogens (tertiary/aromatic N) is 2. The molecule has 1 N–H and O–H groups in total. The van der Waals surface area contributed by atoms with E-state index in [1.54, 1.807) is 6.07 Å². The molecule has 0 aliphatic heterocycles. The number of aromatic nitrogens is 2. The van der Waals surface area contributed by atoms with Crippen LogP contribution in [0.25, 0.3) is 20.9 Å². The van der Waals surface area contributed by atoms with Crippen LogP contribution in [-0.4, -0.2) is 29.1 Å². The Hall–Kier alpha value is -3.32. The Balaban J connectivity index is 1.22. The van der Waals surface area contributed by atoms with Crippen molar-refractivity contribution in [1.82, 2.24) is 9.97 Å². The normalized spacial score (nSPS) is 20.5. The second-order valence-corrected chi connectivity index (χ2v) is 10.2. The maximum Gasteiger partial charge on any atom is 0.308 e. The first-order chi connectivity index (χ1) is 16.6. The van der Waals surface area contributed by atoms with E-state index < -0.39 is 0 Å². The maximum absolute atomic E-state index is 15.0. The Morgan fingerprint density at radius 1 is 1.09 bits per heavy atom. The number of hydrogen-bond donors (Lipinski definition) is 1. The molecule has 5 nitrogen and oxygen atoms in total. The smallest absolute Gasteiger partial charge is 0.308 e. The second kappa shape index (κ2) is 8.17. The average Bonchev–Trinajstić information content (AvgIpc) is 3.54. The van der Waals surface area contributed by atoms with Gasteiger partial charge in [-0.2, -0.15) is 0 Å². The van der Waals surface area contributed by atoms with Crippen LogP contribution in [-0.2, 0) is 14.9 Å². The molecule has 0 saturated heterocycles. The van der Waals surface area contributed by atoms with Crippen LogP contribution < -0.4 is 5.32 Å². The van der Waals surface area contributed by atoms with E-state index in [9.17, 15) is 4.79 Å². The third-order valence-electron chi connectivity index (χ3n) is 7.07. The van der Waals surface area contributed by atoms with Gasteiger partial charge in [-0.05, 0) is 61.6 Å². The zero-order valence-electron chi connectivity index (χ0n) is 18.8. The van der Waals surface area contributed by atoms with E-state index in [1.807, 2.05) is 18.2 Å². The first-order valence-corrected chi connectivity index (χ1v) is 12.4. The Morgan fingerprint density at radius 3 is 2.59 bits per heavy atom. The molecule has 2 saturated carbocycles. The van der Waals surface area contributed by atoms with Crippen molar-refractivity contribution in [2.45, 2.75) is 37.1 Å². The molecule has 0 amide bonds. The summed E-state index contributed by atoms with van der Waals surface area (Å²) in [5.41, 5.74) is 4.32. The van der Waals surface area contributed by atoms with Gasteiger partial charge in [0.05, 0.1) is 18.7 Å². The minimum Gasteiger partial charge on any atom is -0.469 e. The number of fused-ring (bicyclic) bond motifs is 1. The van der Waals surface area contributed by atoms with Crippen molar-refractivity contribution in [3.63, 3.8) is 0 Å². The number of nitrogens with one attached hydrogen (secondary N) is 1. The Morgan fingerprint density at radius 2 is 1.88 bits per heavy atom. The van der Waals surface area contributed by atoms with Crippen LogP contribution in [0.5, 0.6) is 0 Å². The highest BCUT2D eigenvalue weighted by Crippen LogP contribution is 2.53. The number of carbonyl (C=O) groups excluding carboxylic acids is 1. The fourth-order valence-corrected chi connectivity index (χ4v) is 5.85. The Kier molecular flexibility index (Phi) is 5.10. The summed E-state index contributed by atoms with van der Waals surface area (Å²) in [4.78, 5) is 22.0. The van der Waals surface area contributed by atoms with Gasteiger partial charge in [0.25, 0.3) is 0 Å². The lowest BCUT2D eigenvalue weighted by Gasteiger charge is -2.34. The largest absolute Gasteiger partial charge is 0.469 e. The van der Waals surface area contributed by atoms with E-state index in [-0.39, 0.29) is 29.2 Å². The monoisotopic (exact) mass is 473 g/mol. The minimum atomic E-state index is -0.323. The highest BCUT2D eigenvalue weighted by atomic mass is 32.1. The maximum atomic E-state index is 15.0. The third-order valence-corrected chi connectivity index (χ3v) is 8.06. The number of methoxy groups -OCH3 is 1. The van der Waals surface area contributed by atoms with Gasteiger partial charge in [0.15, 0.2) is 0 Å². The van der Waals surface area contributed by atoms with Gasteiger partial charge in [-0.3, -0.25) is 4.79 Å². The lowest BCUT2D eigenvalue weighted by atomic mass is 9.80. The van der Waals surface area contributed by atoms with Gasteiger partial charge in [0, 0.05) is 22.7 Å². The molecule has 0 bridgehead atoms. The molecule has 172 valence electrons. The molecule has 0 spiro atoms. The van der Waals surface area contributed by atoms with E-state index in [0.29, 0.717) is 29.1 Å². The number of hydrogen-bond acceptors (Lipinski definition) is 6. The van der Waals surface area contributed by atoms with Gasteiger partial charge in [0.2, 0.25) is 0 Å². The molecule has 2 aromatic carbocycles. The molecule has 7 heteroatoms. The lowest BCUT2D eigenvalue weighted by molar-refractivity contribution is -0.148. The number of pyridine rings is 1. The number of thiazole rings is 1. The predicted molar refractivity (Wildman–Crippen MR) is 131 cm³/mol. The summed E-state index contributed by atoms with van der Waals surface area (Å²) in [7, 11) is 1.41. The van der Waals surface area contributed by atoms with Gasteiger partial charge in [-0.25, -0.2) is 14.4 Å². The lowest BCUT2D eigenvalue weighted by Crippen LogP contribution is -2.40. The summed E-state index contributed by atoms with van der Waals surface area (Å²) in [6.07, 6.45) is 3.58. The first-order valence-electron chi connectivity index (χ1n) is 11.5. The minimum absolute atomic E-state index is 0.00737. The van der Waals surface area contributed by atoms with Crippen LogP contribution in [0, 0.1) is 11.7 Å². The van der Waals surface area contributed by atoms with Crippen molar-refractivity contribution in [2.24, 2.45) is 5.92 Å². The molecule has 0 atom stereocenters. The summed E-state index contributed by atoms with van der Waals surface area (Å²) in [5.74, 6) is -0.567. The van der Waals surface area contributed by atoms with E-state index in [4.69, 9.17) is 9.72 Å². The molecule has 2 aromatic heterocycles. The van der Waals surface area contributed by atoms with Gasteiger partial charge < -0.3 is 10.1 Å². The van der Waals surface area contributed by atoms with E-state index >= 15 is 4.39 Å². The summed E-state index contributed by atoms with van der Waals surface area (Å²) in [6.45, 7) is 0. The van der Waals surface area contributed by atoms with Crippen molar-refractivity contribution >= 4 is 33.3 Å². The van der Waals surface area contributed by atoms with Gasteiger partial charge in [0.1, 0.15) is 21.2 Å². The van der Waals surface area contributed by atoms with Gasteiger partial charge in [-0.1, -0.05) is 41.7 Å². The molecule has 0 radical (unpaired) electrons. The number of esters is 1. The molecule has 6 rings (SSSR count). The van der Waals surface area contributed by atoms with E-state index in [2.05, 4.69) is 40.6 Å². The van der Waals surface area contributed by atoms with Gasteiger partial charge >= 0.3 is 5.97 Å². The molecule has 2 fully saturated rings. The fourth-order valence-electron chi connectivity index (χ4n) is 4.88. The number of halogens is 1. The standard InChI is InChI=1S/C27H24FN3O2S/c1-33-26(32)16-13-19(14-16)29-18-7-8-20(21(28)15-18)24-30-22-9-10-23(31-25(22)34-24)27(11-12-27)17-5-3-2-4-6-17/h2-10,15-16,19,29H,11-14H2,1H3. The number of ether oxygens (including phenoxy) is 1. The van der Waals surface area contributed by atoms with Crippen molar-refractivity contribution in [3.8, 4) is 10.6 Å². The average molecular weight is 474 g/mol. The van der Waals surface area contributed by atoms with Crippen molar-refractivity contribution < 1.29 is 13.9 Å². The zero-order chi connectivity index (χ0) is 23.3. The highest BCUT2D eigenvalue weighted by Gasteiger charge is 2.47. The number of rotatable bonds is 6. The van der Waals surface area contributed by atoms with Crippen molar-refractivity contribution in [2.75, 3.05) is 12.4 Å². The van der Waals surface area contributed by atoms with Crippen molar-refractivity contribution in [1.29, 1.82) is 0 Å². The van der Waals surface area contributed by atoms with Crippen LogP contribution >= 0.6 is 11.3 Å². The number of anilines is 1. The molecule has 34 heavy (non-hydrogen) atoms. The van der Waals surface area contributed by atoms with Crippen LogP contribution in [0.4, 0.5) is 10.1 Å². The molecular formula is C27H24FN3O2S. The van der Waals surface area contributed by atoms with Crippen LogP contribution in [0.1, 0.15) is 36.9 Å². The molecule has 4 aromatic rings. The number of benzene rings is 2. The fraction of sp³-hybridized carbons (Fsp3) is 0.296. The zero-order valence-corrected chi connectivity index (χ0v) is 19.6. The molecule has 2 aliphatic rings. The van der Waals surface area contributed by atoms with E-state index in [0.717, 1.165) is 28.9 Å². The molecule has 0 unspecified atom stereocenters. The molecule has 2 heterocycles. The topological polar surface area (TPSA) is 64.1 Å². The summed E-state index contributed by atoms with van der Waals surface area (Å²) in [5, 5.41) is 3.93. The Labute approximate surface area is 201 Å². The second-order valence-electron chi connectivity index (χ2n) is 9.22. The quantitative estimate of drug-likeness (QED) is 0.351. The van der Waals surface area contributed by atoms with Crippen molar-refractivity contribution in [3.05, 3.63) is 77.7 Å². The predicted octanol–water partition coefficient (Wildman–Crippen LogP) is 5.94. The number of carbonyl (C=O) groups is 1. The van der Waals surface area contributed by atoms with Crippen LogP contribution in [0.3, 0.4) is 0 Å². The third kappa shape index (κ3) is 3.64. The SMILES string of the molecule is COC(=O)C1CC(Nc2ccc(-c3nc4ccc(C5(c6ccccc6)CC5)nc4s3)c(F)c2)C1. The molecular weight excluding hydrogens is 449 g/mol. The Bertz CT molecular complexity index is 1380. The summed E-state index contributed by atoms with van der Waals surface area (Å²) < 4.78 is 19.8.